The highest BCUT2D eigenvalue weighted by Gasteiger charge is 2.12. The van der Waals surface area contributed by atoms with Gasteiger partial charge in [-0.25, -0.2) is 8.78 Å². The molecular weight excluding hydrogens is 322 g/mol. The molecule has 0 heterocycles. The molecule has 0 atom stereocenters. The number of aryl methyl sites for hydroxylation is 1. The van der Waals surface area contributed by atoms with Gasteiger partial charge in [0.2, 0.25) is 0 Å². The monoisotopic (exact) mass is 332 g/mol. The van der Waals surface area contributed by atoms with Gasteiger partial charge in [-0.05, 0) is 69.0 Å². The first-order chi connectivity index (χ1) is 9.56. The fraction of sp³-hybridized carbons (Fsp3) is 0.0588. The molecule has 0 aliphatic rings. The molecule has 3 aromatic rings. The van der Waals surface area contributed by atoms with Crippen molar-refractivity contribution in [2.24, 2.45) is 0 Å². The SMILES string of the molecule is Cc1cc2cc(F)ccc2c(-c2ccc(F)cc2)c1Br. The van der Waals surface area contributed by atoms with Crippen LogP contribution in [0.15, 0.2) is 53.0 Å². The van der Waals surface area contributed by atoms with Crippen LogP contribution in [0.25, 0.3) is 21.9 Å². The number of fused-ring (bicyclic) bond motifs is 1. The Morgan fingerprint density at radius 2 is 1.50 bits per heavy atom. The van der Waals surface area contributed by atoms with Crippen molar-refractivity contribution in [1.29, 1.82) is 0 Å². The standard InChI is InChI=1S/C17H11BrF2/c1-10-8-12-9-14(20)6-7-15(12)16(17(10)18)11-2-4-13(19)5-3-11/h2-9H,1H3. The molecule has 0 aliphatic heterocycles. The zero-order chi connectivity index (χ0) is 14.3. The van der Waals surface area contributed by atoms with Crippen LogP contribution in [0.3, 0.4) is 0 Å². The van der Waals surface area contributed by atoms with Crippen molar-refractivity contribution >= 4 is 26.7 Å². The first kappa shape index (κ1) is 13.3. The summed E-state index contributed by atoms with van der Waals surface area (Å²) in [6.45, 7) is 1.96. The van der Waals surface area contributed by atoms with Crippen molar-refractivity contribution in [1.82, 2.24) is 0 Å². The van der Waals surface area contributed by atoms with Gasteiger partial charge >= 0.3 is 0 Å². The molecule has 3 aromatic carbocycles. The lowest BCUT2D eigenvalue weighted by atomic mass is 9.96. The minimum atomic E-state index is -0.270. The minimum absolute atomic E-state index is 0.260. The first-order valence-corrected chi connectivity index (χ1v) is 7.00. The highest BCUT2D eigenvalue weighted by Crippen LogP contribution is 2.38. The number of benzene rings is 3. The second-order valence-electron chi connectivity index (χ2n) is 4.75. The Bertz CT molecular complexity index is 792. The zero-order valence-electron chi connectivity index (χ0n) is 10.8. The Morgan fingerprint density at radius 1 is 0.850 bits per heavy atom. The Labute approximate surface area is 124 Å². The van der Waals surface area contributed by atoms with E-state index >= 15 is 0 Å². The van der Waals surface area contributed by atoms with E-state index in [0.29, 0.717) is 0 Å². The normalized spacial score (nSPS) is 11.0. The van der Waals surface area contributed by atoms with Gasteiger partial charge in [-0.1, -0.05) is 24.3 Å². The van der Waals surface area contributed by atoms with E-state index in [0.717, 1.165) is 31.9 Å². The van der Waals surface area contributed by atoms with Crippen LogP contribution >= 0.6 is 15.9 Å². The maximum absolute atomic E-state index is 13.4. The molecule has 0 aromatic heterocycles. The third-order valence-electron chi connectivity index (χ3n) is 3.35. The molecule has 20 heavy (non-hydrogen) atoms. The molecule has 0 amide bonds. The lowest BCUT2D eigenvalue weighted by Gasteiger charge is -2.12. The molecule has 0 saturated heterocycles. The third-order valence-corrected chi connectivity index (χ3v) is 4.38. The summed E-state index contributed by atoms with van der Waals surface area (Å²) in [6.07, 6.45) is 0. The topological polar surface area (TPSA) is 0 Å². The predicted molar refractivity (Wildman–Crippen MR) is 81.7 cm³/mol. The van der Waals surface area contributed by atoms with Crippen LogP contribution in [0.2, 0.25) is 0 Å². The molecule has 3 heteroatoms. The van der Waals surface area contributed by atoms with Gasteiger partial charge in [0.15, 0.2) is 0 Å². The molecular formula is C17H11BrF2. The summed E-state index contributed by atoms with van der Waals surface area (Å²) in [4.78, 5) is 0. The van der Waals surface area contributed by atoms with Crippen molar-refractivity contribution < 1.29 is 8.78 Å². The summed E-state index contributed by atoms with van der Waals surface area (Å²) in [5.74, 6) is -0.530. The summed E-state index contributed by atoms with van der Waals surface area (Å²) in [5.41, 5.74) is 2.88. The molecule has 0 fully saturated rings. The molecule has 0 radical (unpaired) electrons. The van der Waals surface area contributed by atoms with Crippen LogP contribution in [-0.2, 0) is 0 Å². The molecule has 0 N–H and O–H groups in total. The van der Waals surface area contributed by atoms with E-state index in [2.05, 4.69) is 15.9 Å². The third kappa shape index (κ3) is 2.22. The zero-order valence-corrected chi connectivity index (χ0v) is 12.3. The van der Waals surface area contributed by atoms with E-state index in [1.807, 2.05) is 13.0 Å². The van der Waals surface area contributed by atoms with Crippen LogP contribution in [0, 0.1) is 18.6 Å². The van der Waals surface area contributed by atoms with Crippen LogP contribution in [0.5, 0.6) is 0 Å². The van der Waals surface area contributed by atoms with Gasteiger partial charge in [0.25, 0.3) is 0 Å². The Balaban J connectivity index is 2.38. The lowest BCUT2D eigenvalue weighted by molar-refractivity contribution is 0.628. The van der Waals surface area contributed by atoms with Crippen molar-refractivity contribution in [3.05, 3.63) is 70.2 Å². The van der Waals surface area contributed by atoms with E-state index in [1.165, 1.54) is 24.3 Å². The van der Waals surface area contributed by atoms with Gasteiger partial charge < -0.3 is 0 Å². The minimum Gasteiger partial charge on any atom is -0.207 e. The van der Waals surface area contributed by atoms with Crippen LogP contribution in [0.4, 0.5) is 8.78 Å². The molecule has 0 nitrogen and oxygen atoms in total. The van der Waals surface area contributed by atoms with Crippen LogP contribution in [0.1, 0.15) is 5.56 Å². The Morgan fingerprint density at radius 3 is 2.20 bits per heavy atom. The number of rotatable bonds is 1. The maximum atomic E-state index is 13.4. The van der Waals surface area contributed by atoms with E-state index in [4.69, 9.17) is 0 Å². The van der Waals surface area contributed by atoms with E-state index in [9.17, 15) is 8.78 Å². The summed E-state index contributed by atoms with van der Waals surface area (Å²) in [5, 5.41) is 1.78. The van der Waals surface area contributed by atoms with Gasteiger partial charge in [0.05, 0.1) is 0 Å². The van der Waals surface area contributed by atoms with Crippen molar-refractivity contribution in [2.75, 3.05) is 0 Å². The van der Waals surface area contributed by atoms with Crippen molar-refractivity contribution in [3.63, 3.8) is 0 Å². The van der Waals surface area contributed by atoms with Crippen molar-refractivity contribution in [2.45, 2.75) is 6.92 Å². The van der Waals surface area contributed by atoms with Crippen LogP contribution in [-0.4, -0.2) is 0 Å². The summed E-state index contributed by atoms with van der Waals surface area (Å²) in [6, 6.07) is 13.0. The predicted octanol–water partition coefficient (Wildman–Crippen LogP) is 5.86. The lowest BCUT2D eigenvalue weighted by Crippen LogP contribution is -1.89. The summed E-state index contributed by atoms with van der Waals surface area (Å²) >= 11 is 3.59. The first-order valence-electron chi connectivity index (χ1n) is 6.20. The number of halogens is 3. The van der Waals surface area contributed by atoms with Crippen molar-refractivity contribution in [3.8, 4) is 11.1 Å². The maximum Gasteiger partial charge on any atom is 0.123 e. The van der Waals surface area contributed by atoms with Gasteiger partial charge in [-0.3, -0.25) is 0 Å². The second kappa shape index (κ2) is 4.98. The Hall–Kier alpha value is -1.74. The molecule has 0 saturated carbocycles. The van der Waals surface area contributed by atoms with E-state index in [-0.39, 0.29) is 11.6 Å². The fourth-order valence-electron chi connectivity index (χ4n) is 2.39. The molecule has 0 aliphatic carbocycles. The summed E-state index contributed by atoms with van der Waals surface area (Å²) in [7, 11) is 0. The molecule has 0 unspecified atom stereocenters. The summed E-state index contributed by atoms with van der Waals surface area (Å²) < 4.78 is 27.4. The highest BCUT2D eigenvalue weighted by atomic mass is 79.9. The highest BCUT2D eigenvalue weighted by molar-refractivity contribution is 9.10. The number of hydrogen-bond donors (Lipinski definition) is 0. The fourth-order valence-corrected chi connectivity index (χ4v) is 2.95. The largest absolute Gasteiger partial charge is 0.207 e. The van der Waals surface area contributed by atoms with Gasteiger partial charge in [0.1, 0.15) is 11.6 Å². The smallest absolute Gasteiger partial charge is 0.123 e. The van der Waals surface area contributed by atoms with Gasteiger partial charge in [-0.2, -0.15) is 0 Å². The average molecular weight is 333 g/mol. The molecule has 100 valence electrons. The molecule has 0 spiro atoms. The number of hydrogen-bond acceptors (Lipinski definition) is 0. The Kier molecular flexibility index (Phi) is 3.30. The van der Waals surface area contributed by atoms with E-state index in [1.54, 1.807) is 18.2 Å². The van der Waals surface area contributed by atoms with Crippen LogP contribution < -0.4 is 0 Å². The van der Waals surface area contributed by atoms with Gasteiger partial charge in [-0.15, -0.1) is 0 Å². The average Bonchev–Trinajstić information content (AvgIpc) is 2.42. The van der Waals surface area contributed by atoms with E-state index < -0.39 is 0 Å². The quantitative estimate of drug-likeness (QED) is 0.523. The van der Waals surface area contributed by atoms with Gasteiger partial charge in [0, 0.05) is 10.0 Å². The molecule has 0 bridgehead atoms. The second-order valence-corrected chi connectivity index (χ2v) is 5.55. The molecule has 3 rings (SSSR count).